The Morgan fingerprint density at radius 2 is 2.11 bits per heavy atom. The molecule has 0 spiro atoms. The molecule has 0 saturated heterocycles. The van der Waals surface area contributed by atoms with Crippen LogP contribution in [0.3, 0.4) is 0 Å². The fraction of sp³-hybridized carbons (Fsp3) is 0.857. The summed E-state index contributed by atoms with van der Waals surface area (Å²) in [6, 6.07) is -1.15. The predicted molar refractivity (Wildman–Crippen MR) is 34.8 cm³/mol. The SMILES string of the molecule is CCCC(CC)C(=O)F. The highest BCUT2D eigenvalue weighted by molar-refractivity contribution is 5.70. The van der Waals surface area contributed by atoms with E-state index in [-0.39, 0.29) is 5.92 Å². The van der Waals surface area contributed by atoms with Gasteiger partial charge in [0.15, 0.2) is 0 Å². The van der Waals surface area contributed by atoms with E-state index in [0.717, 1.165) is 6.42 Å². The molecule has 0 aliphatic rings. The molecule has 0 N–H and O–H groups in total. The molecule has 0 aromatic carbocycles. The molecule has 0 amide bonds. The third kappa shape index (κ3) is 3.22. The van der Waals surface area contributed by atoms with E-state index in [0.29, 0.717) is 12.8 Å². The van der Waals surface area contributed by atoms with Crippen LogP contribution in [0.25, 0.3) is 0 Å². The van der Waals surface area contributed by atoms with Crippen LogP contribution in [-0.4, -0.2) is 6.04 Å². The van der Waals surface area contributed by atoms with Gasteiger partial charge >= 0.3 is 6.04 Å². The lowest BCUT2D eigenvalue weighted by Gasteiger charge is -2.04. The van der Waals surface area contributed by atoms with Crippen LogP contribution in [0.4, 0.5) is 4.39 Å². The van der Waals surface area contributed by atoms with Crippen molar-refractivity contribution in [3.05, 3.63) is 0 Å². The van der Waals surface area contributed by atoms with Crippen molar-refractivity contribution in [2.75, 3.05) is 0 Å². The zero-order chi connectivity index (χ0) is 7.28. The molecule has 1 nitrogen and oxygen atoms in total. The van der Waals surface area contributed by atoms with Crippen molar-refractivity contribution >= 4 is 6.04 Å². The summed E-state index contributed by atoms with van der Waals surface area (Å²) in [6.45, 7) is 3.78. The van der Waals surface area contributed by atoms with Crippen molar-refractivity contribution in [1.29, 1.82) is 0 Å². The van der Waals surface area contributed by atoms with Gasteiger partial charge in [0.1, 0.15) is 0 Å². The quantitative estimate of drug-likeness (QED) is 0.536. The highest BCUT2D eigenvalue weighted by Crippen LogP contribution is 2.11. The molecule has 0 aliphatic carbocycles. The minimum Gasteiger partial charge on any atom is -0.261 e. The second-order valence-corrected chi connectivity index (χ2v) is 2.20. The van der Waals surface area contributed by atoms with Gasteiger partial charge in [-0.3, -0.25) is 4.79 Å². The Bertz CT molecular complexity index is 90.9. The second kappa shape index (κ2) is 4.48. The molecule has 0 aromatic heterocycles. The fourth-order valence-corrected chi connectivity index (χ4v) is 0.827. The molecule has 54 valence electrons. The van der Waals surface area contributed by atoms with Crippen LogP contribution >= 0.6 is 0 Å². The maximum Gasteiger partial charge on any atom is 0.304 e. The molecule has 1 atom stereocenters. The van der Waals surface area contributed by atoms with Crippen molar-refractivity contribution in [2.24, 2.45) is 5.92 Å². The van der Waals surface area contributed by atoms with Gasteiger partial charge in [-0.1, -0.05) is 20.3 Å². The van der Waals surface area contributed by atoms with E-state index in [1.54, 1.807) is 0 Å². The van der Waals surface area contributed by atoms with Gasteiger partial charge in [0, 0.05) is 5.92 Å². The molecule has 0 bridgehead atoms. The lowest BCUT2D eigenvalue weighted by Crippen LogP contribution is -2.07. The van der Waals surface area contributed by atoms with Crippen LogP contribution in [0, 0.1) is 5.92 Å². The highest BCUT2D eigenvalue weighted by Gasteiger charge is 2.13. The topological polar surface area (TPSA) is 17.1 Å². The molecule has 0 aromatic rings. The van der Waals surface area contributed by atoms with Crippen LogP contribution < -0.4 is 0 Å². The molecule has 0 heterocycles. The van der Waals surface area contributed by atoms with E-state index in [9.17, 15) is 9.18 Å². The molecule has 0 fully saturated rings. The summed E-state index contributed by atoms with van der Waals surface area (Å²) in [5, 5.41) is 0. The van der Waals surface area contributed by atoms with Crippen molar-refractivity contribution < 1.29 is 9.18 Å². The number of hydrogen-bond acceptors (Lipinski definition) is 1. The summed E-state index contributed by atoms with van der Waals surface area (Å²) < 4.78 is 11.9. The first kappa shape index (κ1) is 8.60. The standard InChI is InChI=1S/C7H13FO/c1-3-5-6(4-2)7(8)9/h6H,3-5H2,1-2H3. The summed E-state index contributed by atoms with van der Waals surface area (Å²) in [5.41, 5.74) is 0. The first-order valence-electron chi connectivity index (χ1n) is 3.41. The number of carbonyl (C=O) groups excluding carboxylic acids is 1. The molecule has 0 aliphatic heterocycles. The molecular formula is C7H13FO. The first-order chi connectivity index (χ1) is 4.22. The Balaban J connectivity index is 3.54. The smallest absolute Gasteiger partial charge is 0.261 e. The third-order valence-electron chi connectivity index (χ3n) is 1.45. The van der Waals surface area contributed by atoms with E-state index in [4.69, 9.17) is 0 Å². The number of rotatable bonds is 4. The van der Waals surface area contributed by atoms with E-state index < -0.39 is 6.04 Å². The summed E-state index contributed by atoms with van der Waals surface area (Å²) >= 11 is 0. The van der Waals surface area contributed by atoms with Crippen LogP contribution in [0.15, 0.2) is 0 Å². The number of hydrogen-bond donors (Lipinski definition) is 0. The van der Waals surface area contributed by atoms with Crippen LogP contribution in [0.5, 0.6) is 0 Å². The van der Waals surface area contributed by atoms with E-state index in [1.807, 2.05) is 13.8 Å². The van der Waals surface area contributed by atoms with Crippen LogP contribution in [-0.2, 0) is 4.79 Å². The Hall–Kier alpha value is -0.400. The average molecular weight is 132 g/mol. The molecular weight excluding hydrogens is 119 g/mol. The normalized spacial score (nSPS) is 13.2. The molecule has 0 rings (SSSR count). The summed E-state index contributed by atoms with van der Waals surface area (Å²) in [4.78, 5) is 10.1. The molecule has 1 unspecified atom stereocenters. The van der Waals surface area contributed by atoms with Gasteiger partial charge in [0.2, 0.25) is 0 Å². The minimum atomic E-state index is -1.15. The monoisotopic (exact) mass is 132 g/mol. The van der Waals surface area contributed by atoms with Crippen molar-refractivity contribution in [2.45, 2.75) is 33.1 Å². The second-order valence-electron chi connectivity index (χ2n) is 2.20. The molecule has 2 heteroatoms. The van der Waals surface area contributed by atoms with Gasteiger partial charge in [0.25, 0.3) is 0 Å². The average Bonchev–Trinajstić information content (AvgIpc) is 1.82. The van der Waals surface area contributed by atoms with Crippen molar-refractivity contribution in [3.63, 3.8) is 0 Å². The van der Waals surface area contributed by atoms with Crippen molar-refractivity contribution in [1.82, 2.24) is 0 Å². The summed E-state index contributed by atoms with van der Waals surface area (Å²) in [5.74, 6) is -0.338. The number of halogens is 1. The van der Waals surface area contributed by atoms with Gasteiger partial charge in [0.05, 0.1) is 0 Å². The maximum absolute atomic E-state index is 11.9. The zero-order valence-corrected chi connectivity index (χ0v) is 5.98. The van der Waals surface area contributed by atoms with E-state index in [1.165, 1.54) is 0 Å². The Kier molecular flexibility index (Phi) is 4.28. The Labute approximate surface area is 55.3 Å². The Morgan fingerprint density at radius 1 is 1.56 bits per heavy atom. The third-order valence-corrected chi connectivity index (χ3v) is 1.45. The van der Waals surface area contributed by atoms with Crippen molar-refractivity contribution in [3.8, 4) is 0 Å². The van der Waals surface area contributed by atoms with Gasteiger partial charge in [-0.05, 0) is 12.8 Å². The van der Waals surface area contributed by atoms with Gasteiger partial charge < -0.3 is 0 Å². The number of carbonyl (C=O) groups is 1. The Morgan fingerprint density at radius 3 is 2.22 bits per heavy atom. The molecule has 0 radical (unpaired) electrons. The fourth-order valence-electron chi connectivity index (χ4n) is 0.827. The predicted octanol–water partition coefficient (Wildman–Crippen LogP) is 2.31. The van der Waals surface area contributed by atoms with E-state index in [2.05, 4.69) is 0 Å². The lowest BCUT2D eigenvalue weighted by atomic mass is 10.0. The van der Waals surface area contributed by atoms with Crippen LogP contribution in [0.1, 0.15) is 33.1 Å². The summed E-state index contributed by atoms with van der Waals surface area (Å²) in [7, 11) is 0. The largest absolute Gasteiger partial charge is 0.304 e. The molecule has 0 saturated carbocycles. The minimum absolute atomic E-state index is 0.338. The zero-order valence-electron chi connectivity index (χ0n) is 5.98. The van der Waals surface area contributed by atoms with Crippen LogP contribution in [0.2, 0.25) is 0 Å². The van der Waals surface area contributed by atoms with Gasteiger partial charge in [-0.25, -0.2) is 0 Å². The summed E-state index contributed by atoms with van der Waals surface area (Å²) in [6.07, 6.45) is 2.20. The lowest BCUT2D eigenvalue weighted by molar-refractivity contribution is -0.133. The highest BCUT2D eigenvalue weighted by atomic mass is 19.1. The van der Waals surface area contributed by atoms with Gasteiger partial charge in [-0.2, -0.15) is 4.39 Å². The van der Waals surface area contributed by atoms with E-state index >= 15 is 0 Å². The molecule has 9 heavy (non-hydrogen) atoms. The van der Waals surface area contributed by atoms with Gasteiger partial charge in [-0.15, -0.1) is 0 Å². The first-order valence-corrected chi connectivity index (χ1v) is 3.41. The maximum atomic E-state index is 11.9.